The lowest BCUT2D eigenvalue weighted by Crippen LogP contribution is -2.26. The minimum Gasteiger partial charge on any atom is -0.354 e. The predicted octanol–water partition coefficient (Wildman–Crippen LogP) is 5.12. The second-order valence-electron chi connectivity index (χ2n) is 5.84. The monoisotopic (exact) mass is 371 g/mol. The van der Waals surface area contributed by atoms with Gasteiger partial charge in [0.15, 0.2) is 0 Å². The van der Waals surface area contributed by atoms with Crippen LogP contribution in [0.2, 0.25) is 0 Å². The van der Waals surface area contributed by atoms with E-state index in [2.05, 4.69) is 10.3 Å². The quantitative estimate of drug-likeness (QED) is 0.692. The first-order chi connectivity index (χ1) is 12.8. The van der Waals surface area contributed by atoms with Gasteiger partial charge in [0.1, 0.15) is 5.69 Å². The van der Waals surface area contributed by atoms with Gasteiger partial charge in [0.25, 0.3) is 5.91 Å². The van der Waals surface area contributed by atoms with Crippen molar-refractivity contribution < 1.29 is 18.0 Å². The summed E-state index contributed by atoms with van der Waals surface area (Å²) in [5.41, 5.74) is 0.989. The van der Waals surface area contributed by atoms with Crippen LogP contribution in [0.3, 0.4) is 0 Å². The predicted molar refractivity (Wildman–Crippen MR) is 98.1 cm³/mol. The smallest absolute Gasteiger partial charge is 0.354 e. The molecule has 4 nitrogen and oxygen atoms in total. The number of anilines is 3. The summed E-state index contributed by atoms with van der Waals surface area (Å²) in [6, 6.07) is 17.1. The van der Waals surface area contributed by atoms with Crippen molar-refractivity contribution in [3.05, 3.63) is 84.2 Å². The molecule has 1 N–H and O–H groups in total. The Hall–Kier alpha value is -3.35. The molecule has 3 aromatic rings. The lowest BCUT2D eigenvalue weighted by molar-refractivity contribution is -0.137. The van der Waals surface area contributed by atoms with Gasteiger partial charge in [0.2, 0.25) is 0 Å². The molecule has 0 fully saturated rings. The molecule has 0 unspecified atom stereocenters. The highest BCUT2D eigenvalue weighted by Gasteiger charge is 2.30. The van der Waals surface area contributed by atoms with Crippen molar-refractivity contribution >= 4 is 23.0 Å². The SMILES string of the molecule is CN(C(=O)c1ccc(Nc2cccc(C(F)(F)F)c2)cn1)c1ccccc1. The Morgan fingerprint density at radius 3 is 2.33 bits per heavy atom. The van der Waals surface area contributed by atoms with Crippen molar-refractivity contribution in [1.82, 2.24) is 4.98 Å². The molecular weight excluding hydrogens is 355 g/mol. The third-order valence-corrected chi connectivity index (χ3v) is 3.91. The highest BCUT2D eigenvalue weighted by molar-refractivity contribution is 6.04. The van der Waals surface area contributed by atoms with Gasteiger partial charge in [-0.25, -0.2) is 4.98 Å². The van der Waals surface area contributed by atoms with Crippen LogP contribution < -0.4 is 10.2 Å². The zero-order chi connectivity index (χ0) is 19.4. The highest BCUT2D eigenvalue weighted by Crippen LogP contribution is 2.31. The number of hydrogen-bond donors (Lipinski definition) is 1. The number of hydrogen-bond acceptors (Lipinski definition) is 3. The van der Waals surface area contributed by atoms with Crippen molar-refractivity contribution in [1.29, 1.82) is 0 Å². The largest absolute Gasteiger partial charge is 0.416 e. The Bertz CT molecular complexity index is 925. The second-order valence-corrected chi connectivity index (χ2v) is 5.84. The molecule has 7 heteroatoms. The standard InChI is InChI=1S/C20H16F3N3O/c1-26(17-8-3-2-4-9-17)19(27)18-11-10-16(13-24-18)25-15-7-5-6-14(12-15)20(21,22)23/h2-13,25H,1H3. The van der Waals surface area contributed by atoms with Crippen molar-refractivity contribution in [2.24, 2.45) is 0 Å². The maximum absolute atomic E-state index is 12.8. The summed E-state index contributed by atoms with van der Waals surface area (Å²) in [5, 5.41) is 2.86. The van der Waals surface area contributed by atoms with Crippen LogP contribution >= 0.6 is 0 Å². The number of rotatable bonds is 4. The van der Waals surface area contributed by atoms with Gasteiger partial charge in [-0.3, -0.25) is 4.79 Å². The molecule has 0 bridgehead atoms. The van der Waals surface area contributed by atoms with Gasteiger partial charge in [-0.05, 0) is 42.5 Å². The van der Waals surface area contributed by atoms with Gasteiger partial charge in [0.05, 0.1) is 17.4 Å². The van der Waals surface area contributed by atoms with Crippen LogP contribution in [0, 0.1) is 0 Å². The number of carbonyl (C=O) groups is 1. The lowest BCUT2D eigenvalue weighted by Gasteiger charge is -2.17. The number of benzene rings is 2. The number of amides is 1. The van der Waals surface area contributed by atoms with E-state index < -0.39 is 11.7 Å². The van der Waals surface area contributed by atoms with Gasteiger partial charge in [-0.15, -0.1) is 0 Å². The molecule has 0 saturated heterocycles. The Morgan fingerprint density at radius 2 is 1.70 bits per heavy atom. The first kappa shape index (κ1) is 18.4. The molecule has 0 spiro atoms. The molecule has 2 aromatic carbocycles. The molecule has 1 aromatic heterocycles. The van der Waals surface area contributed by atoms with E-state index in [1.807, 2.05) is 30.3 Å². The van der Waals surface area contributed by atoms with Gasteiger partial charge in [-0.1, -0.05) is 24.3 Å². The topological polar surface area (TPSA) is 45.2 Å². The van der Waals surface area contributed by atoms with E-state index in [9.17, 15) is 18.0 Å². The summed E-state index contributed by atoms with van der Waals surface area (Å²) in [4.78, 5) is 18.1. The number of nitrogens with one attached hydrogen (secondary N) is 1. The minimum atomic E-state index is -4.41. The molecule has 0 atom stereocenters. The van der Waals surface area contributed by atoms with Crippen LogP contribution in [-0.4, -0.2) is 17.9 Å². The summed E-state index contributed by atoms with van der Waals surface area (Å²) in [5.74, 6) is -0.285. The van der Waals surface area contributed by atoms with E-state index in [0.29, 0.717) is 5.69 Å². The van der Waals surface area contributed by atoms with E-state index in [1.54, 1.807) is 13.1 Å². The fraction of sp³-hybridized carbons (Fsp3) is 0.100. The Morgan fingerprint density at radius 1 is 0.963 bits per heavy atom. The van der Waals surface area contributed by atoms with Crippen molar-refractivity contribution in [3.8, 4) is 0 Å². The van der Waals surface area contributed by atoms with E-state index in [1.165, 1.54) is 29.3 Å². The number of nitrogens with zero attached hydrogens (tertiary/aromatic N) is 2. The van der Waals surface area contributed by atoms with Crippen LogP contribution in [0.4, 0.5) is 30.2 Å². The molecule has 0 radical (unpaired) electrons. The maximum Gasteiger partial charge on any atom is 0.416 e. The fourth-order valence-corrected chi connectivity index (χ4v) is 2.47. The zero-order valence-electron chi connectivity index (χ0n) is 14.4. The lowest BCUT2D eigenvalue weighted by atomic mass is 10.2. The third kappa shape index (κ3) is 4.44. The van der Waals surface area contributed by atoms with Crippen molar-refractivity contribution in [2.45, 2.75) is 6.18 Å². The number of halogens is 3. The van der Waals surface area contributed by atoms with Crippen molar-refractivity contribution in [3.63, 3.8) is 0 Å². The number of alkyl halides is 3. The van der Waals surface area contributed by atoms with Crippen LogP contribution in [0.25, 0.3) is 0 Å². The molecule has 3 rings (SSSR count). The van der Waals surface area contributed by atoms with Crippen LogP contribution in [0.1, 0.15) is 16.1 Å². The van der Waals surface area contributed by atoms with E-state index in [0.717, 1.165) is 17.8 Å². The average molecular weight is 371 g/mol. The first-order valence-corrected chi connectivity index (χ1v) is 8.08. The zero-order valence-corrected chi connectivity index (χ0v) is 14.4. The Labute approximate surface area is 154 Å². The van der Waals surface area contributed by atoms with Gasteiger partial charge in [-0.2, -0.15) is 13.2 Å². The molecule has 0 aliphatic carbocycles. The second kappa shape index (κ2) is 7.49. The van der Waals surface area contributed by atoms with E-state index in [-0.39, 0.29) is 17.3 Å². The minimum absolute atomic E-state index is 0.232. The molecule has 138 valence electrons. The van der Waals surface area contributed by atoms with Gasteiger partial charge < -0.3 is 10.2 Å². The maximum atomic E-state index is 12.8. The van der Waals surface area contributed by atoms with E-state index in [4.69, 9.17) is 0 Å². The van der Waals surface area contributed by atoms with Gasteiger partial charge >= 0.3 is 6.18 Å². The molecular formula is C20H16F3N3O. The summed E-state index contributed by atoms with van der Waals surface area (Å²) < 4.78 is 38.3. The fourth-order valence-electron chi connectivity index (χ4n) is 2.47. The number of aromatic nitrogens is 1. The molecule has 0 aliphatic heterocycles. The normalized spacial score (nSPS) is 11.1. The molecule has 1 amide bonds. The van der Waals surface area contributed by atoms with Crippen LogP contribution in [0.5, 0.6) is 0 Å². The summed E-state index contributed by atoms with van der Waals surface area (Å²) in [6.07, 6.45) is -3.00. The summed E-state index contributed by atoms with van der Waals surface area (Å²) in [6.45, 7) is 0. The summed E-state index contributed by atoms with van der Waals surface area (Å²) >= 11 is 0. The number of carbonyl (C=O) groups excluding carboxylic acids is 1. The van der Waals surface area contributed by atoms with E-state index >= 15 is 0 Å². The average Bonchev–Trinajstić information content (AvgIpc) is 2.68. The Balaban J connectivity index is 1.73. The third-order valence-electron chi connectivity index (χ3n) is 3.91. The van der Waals surface area contributed by atoms with Crippen LogP contribution in [0.15, 0.2) is 72.9 Å². The molecule has 0 saturated carbocycles. The molecule has 27 heavy (non-hydrogen) atoms. The first-order valence-electron chi connectivity index (χ1n) is 8.08. The van der Waals surface area contributed by atoms with Crippen LogP contribution in [-0.2, 0) is 6.18 Å². The summed E-state index contributed by atoms with van der Waals surface area (Å²) in [7, 11) is 1.65. The van der Waals surface area contributed by atoms with Crippen molar-refractivity contribution in [2.75, 3.05) is 17.3 Å². The highest BCUT2D eigenvalue weighted by atomic mass is 19.4. The number of para-hydroxylation sites is 1. The molecule has 0 aliphatic rings. The number of pyridine rings is 1. The Kier molecular flexibility index (Phi) is 5.12. The van der Waals surface area contributed by atoms with Gasteiger partial charge in [0, 0.05) is 18.4 Å². The molecule has 1 heterocycles.